The van der Waals surface area contributed by atoms with Gasteiger partial charge in [0.2, 0.25) is 0 Å². The highest BCUT2D eigenvalue weighted by Crippen LogP contribution is 2.31. The van der Waals surface area contributed by atoms with Crippen LogP contribution in [0.15, 0.2) is 59.5 Å². The molecule has 3 aromatic carbocycles. The molecule has 1 atom stereocenters. The first kappa shape index (κ1) is 26.2. The standard InChI is InChI=1S/C25H27ClN2O6S/c1-15-12-20(13-16(2)24(15)26)34-17(3)25(29)27-18-6-9-21(10-7-18)35(30,31)28-22-14-19(32-4)8-11-23(22)33-5/h6-14,17,28H,1-5H3,(H,27,29). The van der Waals surface area contributed by atoms with Crippen molar-refractivity contribution in [2.75, 3.05) is 24.3 Å². The number of sulfonamides is 1. The number of anilines is 2. The van der Waals surface area contributed by atoms with E-state index in [0.29, 0.717) is 28.0 Å². The molecular weight excluding hydrogens is 492 g/mol. The smallest absolute Gasteiger partial charge is 0.265 e. The Bertz CT molecular complexity index is 1300. The number of nitrogens with one attached hydrogen (secondary N) is 2. The first-order chi connectivity index (χ1) is 16.5. The third kappa shape index (κ3) is 6.37. The topological polar surface area (TPSA) is 103 Å². The van der Waals surface area contributed by atoms with Crippen molar-refractivity contribution in [3.05, 3.63) is 70.7 Å². The summed E-state index contributed by atoms with van der Waals surface area (Å²) in [4.78, 5) is 12.6. The second kappa shape index (κ2) is 10.9. The fourth-order valence-corrected chi connectivity index (χ4v) is 4.46. The summed E-state index contributed by atoms with van der Waals surface area (Å²) in [5.74, 6) is 0.970. The molecule has 0 saturated heterocycles. The SMILES string of the molecule is COc1ccc(OC)c(NS(=O)(=O)c2ccc(NC(=O)C(C)Oc3cc(C)c(Cl)c(C)c3)cc2)c1. The molecule has 8 nitrogen and oxygen atoms in total. The van der Waals surface area contributed by atoms with Gasteiger partial charge in [-0.15, -0.1) is 0 Å². The van der Waals surface area contributed by atoms with Crippen LogP contribution in [-0.4, -0.2) is 34.6 Å². The fraction of sp³-hybridized carbons (Fsp3) is 0.240. The molecule has 0 bridgehead atoms. The van der Waals surface area contributed by atoms with E-state index in [0.717, 1.165) is 11.1 Å². The molecule has 35 heavy (non-hydrogen) atoms. The summed E-state index contributed by atoms with van der Waals surface area (Å²) in [6.45, 7) is 5.35. The van der Waals surface area contributed by atoms with Gasteiger partial charge < -0.3 is 19.5 Å². The maximum Gasteiger partial charge on any atom is 0.265 e. The maximum atomic E-state index is 12.9. The van der Waals surface area contributed by atoms with Gasteiger partial charge in [-0.25, -0.2) is 8.42 Å². The molecule has 186 valence electrons. The van der Waals surface area contributed by atoms with Crippen molar-refractivity contribution in [2.45, 2.75) is 31.8 Å². The highest BCUT2D eigenvalue weighted by molar-refractivity contribution is 7.92. The van der Waals surface area contributed by atoms with Crippen LogP contribution < -0.4 is 24.2 Å². The number of ether oxygens (including phenoxy) is 3. The van der Waals surface area contributed by atoms with Gasteiger partial charge >= 0.3 is 0 Å². The van der Waals surface area contributed by atoms with E-state index in [-0.39, 0.29) is 16.5 Å². The van der Waals surface area contributed by atoms with Crippen molar-refractivity contribution in [1.82, 2.24) is 0 Å². The van der Waals surface area contributed by atoms with Crippen molar-refractivity contribution in [1.29, 1.82) is 0 Å². The summed E-state index contributed by atoms with van der Waals surface area (Å²) >= 11 is 6.18. The number of carbonyl (C=O) groups excluding carboxylic acids is 1. The van der Waals surface area contributed by atoms with Gasteiger partial charge in [-0.05, 0) is 80.4 Å². The van der Waals surface area contributed by atoms with E-state index in [1.165, 1.54) is 44.6 Å². The molecule has 2 N–H and O–H groups in total. The normalized spacial score (nSPS) is 11.9. The second-order valence-corrected chi connectivity index (χ2v) is 9.88. The van der Waals surface area contributed by atoms with Crippen LogP contribution >= 0.6 is 11.6 Å². The van der Waals surface area contributed by atoms with Gasteiger partial charge in [0.05, 0.1) is 24.8 Å². The van der Waals surface area contributed by atoms with Gasteiger partial charge in [-0.2, -0.15) is 0 Å². The molecule has 3 rings (SSSR count). The Morgan fingerprint density at radius 1 is 0.914 bits per heavy atom. The van der Waals surface area contributed by atoms with Crippen LogP contribution in [0.1, 0.15) is 18.1 Å². The Morgan fingerprint density at radius 3 is 2.11 bits per heavy atom. The molecule has 0 saturated carbocycles. The van der Waals surface area contributed by atoms with E-state index in [1.54, 1.807) is 31.2 Å². The molecule has 0 fully saturated rings. The van der Waals surface area contributed by atoms with Crippen molar-refractivity contribution < 1.29 is 27.4 Å². The third-order valence-electron chi connectivity index (χ3n) is 5.18. The Balaban J connectivity index is 1.69. The molecular formula is C25H27ClN2O6S. The third-order valence-corrected chi connectivity index (χ3v) is 7.15. The number of hydrogen-bond acceptors (Lipinski definition) is 6. The molecule has 0 heterocycles. The zero-order valence-corrected chi connectivity index (χ0v) is 21.6. The number of methoxy groups -OCH3 is 2. The van der Waals surface area contributed by atoms with Crippen molar-refractivity contribution in [2.24, 2.45) is 0 Å². The van der Waals surface area contributed by atoms with E-state index in [9.17, 15) is 13.2 Å². The zero-order chi connectivity index (χ0) is 25.8. The molecule has 1 unspecified atom stereocenters. The van der Waals surface area contributed by atoms with Crippen molar-refractivity contribution in [3.8, 4) is 17.2 Å². The number of aryl methyl sites for hydroxylation is 2. The first-order valence-corrected chi connectivity index (χ1v) is 12.5. The number of halogens is 1. The molecule has 0 aliphatic carbocycles. The maximum absolute atomic E-state index is 12.9. The highest BCUT2D eigenvalue weighted by Gasteiger charge is 2.19. The summed E-state index contributed by atoms with van der Waals surface area (Å²) < 4.78 is 44.4. The number of carbonyl (C=O) groups is 1. The lowest BCUT2D eigenvalue weighted by molar-refractivity contribution is -0.122. The van der Waals surface area contributed by atoms with Crippen LogP contribution in [0.4, 0.5) is 11.4 Å². The van der Waals surface area contributed by atoms with E-state index in [2.05, 4.69) is 10.0 Å². The molecule has 3 aromatic rings. The summed E-state index contributed by atoms with van der Waals surface area (Å²) in [6.07, 6.45) is -0.791. The summed E-state index contributed by atoms with van der Waals surface area (Å²) in [6, 6.07) is 14.1. The number of rotatable bonds is 9. The van der Waals surface area contributed by atoms with Crippen LogP contribution in [0.5, 0.6) is 17.2 Å². The Kier molecular flexibility index (Phi) is 8.14. The van der Waals surface area contributed by atoms with Crippen LogP contribution in [0, 0.1) is 13.8 Å². The summed E-state index contributed by atoms with van der Waals surface area (Å²) in [5, 5.41) is 3.38. The van der Waals surface area contributed by atoms with Crippen LogP contribution in [-0.2, 0) is 14.8 Å². The molecule has 0 aliphatic heterocycles. The molecule has 0 spiro atoms. The van der Waals surface area contributed by atoms with Crippen LogP contribution in [0.25, 0.3) is 0 Å². The van der Waals surface area contributed by atoms with Crippen molar-refractivity contribution >= 4 is 38.9 Å². The highest BCUT2D eigenvalue weighted by atomic mass is 35.5. The predicted molar refractivity (Wildman–Crippen MR) is 136 cm³/mol. The molecule has 10 heteroatoms. The minimum Gasteiger partial charge on any atom is -0.497 e. The second-order valence-electron chi connectivity index (χ2n) is 7.82. The van der Waals surface area contributed by atoms with E-state index in [1.807, 2.05) is 13.8 Å². The average molecular weight is 519 g/mol. The Labute approximate surface area is 210 Å². The van der Waals surface area contributed by atoms with Gasteiger partial charge in [0.1, 0.15) is 17.2 Å². The Morgan fingerprint density at radius 2 is 1.54 bits per heavy atom. The zero-order valence-electron chi connectivity index (χ0n) is 20.0. The molecule has 0 radical (unpaired) electrons. The minimum absolute atomic E-state index is 0.0109. The monoisotopic (exact) mass is 518 g/mol. The quantitative estimate of drug-likeness (QED) is 0.404. The molecule has 0 aliphatic rings. The van der Waals surface area contributed by atoms with E-state index >= 15 is 0 Å². The lowest BCUT2D eigenvalue weighted by Gasteiger charge is -2.16. The van der Waals surface area contributed by atoms with Crippen LogP contribution in [0.2, 0.25) is 5.02 Å². The predicted octanol–water partition coefficient (Wildman–Crippen LogP) is 5.18. The van der Waals surface area contributed by atoms with Gasteiger partial charge in [-0.3, -0.25) is 9.52 Å². The average Bonchev–Trinajstić information content (AvgIpc) is 2.82. The van der Waals surface area contributed by atoms with E-state index in [4.69, 9.17) is 25.8 Å². The summed E-state index contributed by atoms with van der Waals surface area (Å²) in [5.41, 5.74) is 2.37. The first-order valence-electron chi connectivity index (χ1n) is 10.6. The fourth-order valence-electron chi connectivity index (χ4n) is 3.29. The Hall–Kier alpha value is -3.43. The number of benzene rings is 3. The summed E-state index contributed by atoms with van der Waals surface area (Å²) in [7, 11) is -0.994. The number of hydrogen-bond donors (Lipinski definition) is 2. The van der Waals surface area contributed by atoms with Gasteiger partial charge in [0, 0.05) is 16.8 Å². The van der Waals surface area contributed by atoms with Gasteiger partial charge in [0.25, 0.3) is 15.9 Å². The van der Waals surface area contributed by atoms with Gasteiger partial charge in [-0.1, -0.05) is 11.6 Å². The molecule has 0 aromatic heterocycles. The van der Waals surface area contributed by atoms with E-state index < -0.39 is 16.1 Å². The largest absolute Gasteiger partial charge is 0.497 e. The number of amides is 1. The molecule has 1 amide bonds. The van der Waals surface area contributed by atoms with Gasteiger partial charge in [0.15, 0.2) is 6.10 Å². The van der Waals surface area contributed by atoms with Crippen LogP contribution in [0.3, 0.4) is 0 Å². The lowest BCUT2D eigenvalue weighted by atomic mass is 10.1. The van der Waals surface area contributed by atoms with Crippen molar-refractivity contribution in [3.63, 3.8) is 0 Å². The minimum atomic E-state index is -3.92. The lowest BCUT2D eigenvalue weighted by Crippen LogP contribution is -2.30.